The number of benzene rings is 1. The number of anilines is 1. The van der Waals surface area contributed by atoms with Gasteiger partial charge < -0.3 is 11.1 Å². The fraction of sp³-hybridized carbons (Fsp3) is 0.294. The first-order valence-corrected chi connectivity index (χ1v) is 8.04. The Morgan fingerprint density at radius 1 is 1.36 bits per heavy atom. The number of aromatic nitrogens is 4. The molecule has 8 heteroatoms. The van der Waals surface area contributed by atoms with Crippen LogP contribution in [0.25, 0.3) is 5.78 Å². The number of rotatable bonds is 7. The van der Waals surface area contributed by atoms with E-state index in [0.717, 1.165) is 17.7 Å². The van der Waals surface area contributed by atoms with E-state index in [1.165, 1.54) is 18.5 Å². The van der Waals surface area contributed by atoms with E-state index in [-0.39, 0.29) is 5.82 Å². The van der Waals surface area contributed by atoms with Crippen molar-refractivity contribution in [3.8, 4) is 0 Å². The zero-order chi connectivity index (χ0) is 17.8. The number of hydrogen-bond donors (Lipinski definition) is 2. The van der Waals surface area contributed by atoms with Crippen molar-refractivity contribution in [1.29, 1.82) is 0 Å². The lowest BCUT2D eigenvalue weighted by Gasteiger charge is -2.16. The molecule has 1 aromatic carbocycles. The van der Waals surface area contributed by atoms with Gasteiger partial charge in [0.25, 0.3) is 5.78 Å². The van der Waals surface area contributed by atoms with Crippen LogP contribution in [0.1, 0.15) is 18.2 Å². The maximum absolute atomic E-state index is 13.0. The zero-order valence-corrected chi connectivity index (χ0v) is 13.8. The summed E-state index contributed by atoms with van der Waals surface area (Å²) >= 11 is 0. The van der Waals surface area contributed by atoms with Gasteiger partial charge in [-0.1, -0.05) is 19.1 Å². The SMILES string of the molecule is CCc1cc(NC[C@H](Cc2ccc(F)cc2)C(N)=O)n2ncnc2n1. The standard InChI is InChI=1S/C17H19FN6O/c1-2-14-8-15(24-17(23-14)21-10-22-24)20-9-12(16(19)25)7-11-3-5-13(18)6-4-11/h3-6,8,10,12,20H,2,7,9H2,1H3,(H2,19,25)/t12-/m0/s1. The number of hydrogen-bond acceptors (Lipinski definition) is 5. The van der Waals surface area contributed by atoms with E-state index in [1.807, 2.05) is 13.0 Å². The molecular formula is C17H19FN6O. The Labute approximate surface area is 144 Å². The van der Waals surface area contributed by atoms with Gasteiger partial charge in [-0.3, -0.25) is 4.79 Å². The summed E-state index contributed by atoms with van der Waals surface area (Å²) in [4.78, 5) is 20.3. The summed E-state index contributed by atoms with van der Waals surface area (Å²) in [6, 6.07) is 7.93. The molecule has 3 rings (SSSR count). The molecule has 0 aliphatic heterocycles. The predicted octanol–water partition coefficient (Wildman–Crippen LogP) is 1.58. The highest BCUT2D eigenvalue weighted by Gasteiger charge is 2.17. The third kappa shape index (κ3) is 3.90. The molecule has 0 saturated carbocycles. The van der Waals surface area contributed by atoms with E-state index in [4.69, 9.17) is 5.73 Å². The maximum atomic E-state index is 13.0. The second kappa shape index (κ2) is 7.25. The Kier molecular flexibility index (Phi) is 4.87. The topological polar surface area (TPSA) is 98.2 Å². The van der Waals surface area contributed by atoms with E-state index in [9.17, 15) is 9.18 Å². The van der Waals surface area contributed by atoms with Gasteiger partial charge in [-0.05, 0) is 30.5 Å². The largest absolute Gasteiger partial charge is 0.369 e. The Balaban J connectivity index is 1.76. The lowest BCUT2D eigenvalue weighted by atomic mass is 9.98. The van der Waals surface area contributed by atoms with Crippen molar-refractivity contribution in [3.05, 3.63) is 53.7 Å². The molecule has 3 aromatic rings. The van der Waals surface area contributed by atoms with E-state index < -0.39 is 11.8 Å². The minimum Gasteiger partial charge on any atom is -0.369 e. The highest BCUT2D eigenvalue weighted by Crippen LogP contribution is 2.14. The molecule has 0 aliphatic carbocycles. The monoisotopic (exact) mass is 342 g/mol. The first-order valence-electron chi connectivity index (χ1n) is 8.04. The van der Waals surface area contributed by atoms with Crippen LogP contribution in [0.2, 0.25) is 0 Å². The number of carbonyl (C=O) groups excluding carboxylic acids is 1. The number of nitrogens with two attached hydrogens (primary N) is 1. The van der Waals surface area contributed by atoms with Crippen LogP contribution >= 0.6 is 0 Å². The first-order chi connectivity index (χ1) is 12.1. The summed E-state index contributed by atoms with van der Waals surface area (Å²) in [5.41, 5.74) is 7.25. The summed E-state index contributed by atoms with van der Waals surface area (Å²) < 4.78 is 14.6. The van der Waals surface area contributed by atoms with Gasteiger partial charge in [-0.25, -0.2) is 9.37 Å². The number of nitrogens with one attached hydrogen (secondary N) is 1. The average molecular weight is 342 g/mol. The molecule has 0 saturated heterocycles. The van der Waals surface area contributed by atoms with Gasteiger partial charge in [0.15, 0.2) is 0 Å². The first kappa shape index (κ1) is 16.8. The van der Waals surface area contributed by atoms with Crippen molar-refractivity contribution in [2.24, 2.45) is 11.7 Å². The van der Waals surface area contributed by atoms with Crippen LogP contribution in [0.3, 0.4) is 0 Å². The molecule has 1 atom stereocenters. The van der Waals surface area contributed by atoms with Gasteiger partial charge in [0, 0.05) is 18.3 Å². The Morgan fingerprint density at radius 2 is 2.12 bits per heavy atom. The third-order valence-electron chi connectivity index (χ3n) is 3.99. The molecule has 1 amide bonds. The molecule has 7 nitrogen and oxygen atoms in total. The summed E-state index contributed by atoms with van der Waals surface area (Å²) in [7, 11) is 0. The molecular weight excluding hydrogens is 323 g/mol. The van der Waals surface area contributed by atoms with Crippen LogP contribution in [-0.2, 0) is 17.6 Å². The van der Waals surface area contributed by atoms with Crippen molar-refractivity contribution in [1.82, 2.24) is 19.6 Å². The number of halogens is 1. The second-order valence-electron chi connectivity index (χ2n) is 5.77. The van der Waals surface area contributed by atoms with E-state index in [2.05, 4.69) is 20.4 Å². The lowest BCUT2D eigenvalue weighted by molar-refractivity contribution is -0.121. The Bertz CT molecular complexity index is 876. The molecule has 0 aliphatic rings. The Hall–Kier alpha value is -3.03. The highest BCUT2D eigenvalue weighted by molar-refractivity contribution is 5.77. The number of aryl methyl sites for hydroxylation is 1. The van der Waals surface area contributed by atoms with Crippen molar-refractivity contribution in [3.63, 3.8) is 0 Å². The van der Waals surface area contributed by atoms with Crippen molar-refractivity contribution < 1.29 is 9.18 Å². The number of amides is 1. The van der Waals surface area contributed by atoms with E-state index in [1.54, 1.807) is 16.6 Å². The maximum Gasteiger partial charge on any atom is 0.254 e. The molecule has 0 spiro atoms. The fourth-order valence-electron chi connectivity index (χ4n) is 2.57. The summed E-state index contributed by atoms with van der Waals surface area (Å²) in [6.45, 7) is 2.33. The fourth-order valence-corrected chi connectivity index (χ4v) is 2.57. The lowest BCUT2D eigenvalue weighted by Crippen LogP contribution is -2.31. The van der Waals surface area contributed by atoms with Crippen LogP contribution in [-0.4, -0.2) is 32.0 Å². The smallest absolute Gasteiger partial charge is 0.254 e. The molecule has 0 radical (unpaired) electrons. The van der Waals surface area contributed by atoms with Gasteiger partial charge in [0.05, 0.1) is 5.92 Å². The molecule has 130 valence electrons. The van der Waals surface area contributed by atoms with Gasteiger partial charge in [0.2, 0.25) is 5.91 Å². The van der Waals surface area contributed by atoms with Crippen molar-refractivity contribution >= 4 is 17.5 Å². The second-order valence-corrected chi connectivity index (χ2v) is 5.77. The molecule has 0 fully saturated rings. The zero-order valence-electron chi connectivity index (χ0n) is 13.8. The predicted molar refractivity (Wildman–Crippen MR) is 91.4 cm³/mol. The van der Waals surface area contributed by atoms with E-state index in [0.29, 0.717) is 24.6 Å². The number of nitrogens with zero attached hydrogens (tertiary/aromatic N) is 4. The summed E-state index contributed by atoms with van der Waals surface area (Å²) in [5.74, 6) is 0.0226. The van der Waals surface area contributed by atoms with Crippen LogP contribution in [0.5, 0.6) is 0 Å². The minimum atomic E-state index is -0.442. The summed E-state index contributed by atoms with van der Waals surface area (Å²) in [5, 5.41) is 7.34. The third-order valence-corrected chi connectivity index (χ3v) is 3.99. The minimum absolute atomic E-state index is 0.310. The van der Waals surface area contributed by atoms with Gasteiger partial charge >= 0.3 is 0 Å². The normalized spacial score (nSPS) is 12.2. The van der Waals surface area contributed by atoms with Crippen LogP contribution in [0.15, 0.2) is 36.7 Å². The molecule has 0 unspecified atom stereocenters. The van der Waals surface area contributed by atoms with Crippen LogP contribution < -0.4 is 11.1 Å². The van der Waals surface area contributed by atoms with E-state index >= 15 is 0 Å². The summed E-state index contributed by atoms with van der Waals surface area (Å²) in [6.07, 6.45) is 2.61. The van der Waals surface area contributed by atoms with Gasteiger partial charge in [-0.2, -0.15) is 14.6 Å². The molecule has 2 heterocycles. The Morgan fingerprint density at radius 3 is 2.80 bits per heavy atom. The van der Waals surface area contributed by atoms with Crippen molar-refractivity contribution in [2.45, 2.75) is 19.8 Å². The quantitative estimate of drug-likeness (QED) is 0.679. The van der Waals surface area contributed by atoms with Crippen LogP contribution in [0, 0.1) is 11.7 Å². The molecule has 2 aromatic heterocycles. The van der Waals surface area contributed by atoms with Gasteiger partial charge in [-0.15, -0.1) is 0 Å². The number of carbonyl (C=O) groups is 1. The molecule has 0 bridgehead atoms. The molecule has 3 N–H and O–H groups in total. The average Bonchev–Trinajstić information content (AvgIpc) is 3.08. The highest BCUT2D eigenvalue weighted by atomic mass is 19.1. The van der Waals surface area contributed by atoms with Crippen LogP contribution in [0.4, 0.5) is 10.2 Å². The number of fused-ring (bicyclic) bond motifs is 1. The van der Waals surface area contributed by atoms with Crippen molar-refractivity contribution in [2.75, 3.05) is 11.9 Å². The van der Waals surface area contributed by atoms with Gasteiger partial charge in [0.1, 0.15) is 18.0 Å². The number of primary amides is 1. The molecule has 25 heavy (non-hydrogen) atoms.